The number of hydrogen-bond acceptors (Lipinski definition) is 2. The standard InChI is InChI=1S/C11H13BrN2O2/c1-13-4-2-8(6-10(13)15)11(16)14-5-3-9(12)7-14/h2,4,6,9H,3,5,7H2,1H3. The average molecular weight is 285 g/mol. The summed E-state index contributed by atoms with van der Waals surface area (Å²) in [5, 5.41) is 0. The second-order valence-corrected chi connectivity index (χ2v) is 5.30. The maximum atomic E-state index is 12.0. The highest BCUT2D eigenvalue weighted by atomic mass is 79.9. The van der Waals surface area contributed by atoms with E-state index in [0.717, 1.165) is 13.0 Å². The highest BCUT2D eigenvalue weighted by Crippen LogP contribution is 2.18. The Bertz CT molecular complexity index is 469. The topological polar surface area (TPSA) is 42.3 Å². The van der Waals surface area contributed by atoms with Crippen LogP contribution in [0.5, 0.6) is 0 Å². The van der Waals surface area contributed by atoms with Gasteiger partial charge < -0.3 is 9.47 Å². The van der Waals surface area contributed by atoms with E-state index in [1.165, 1.54) is 10.6 Å². The van der Waals surface area contributed by atoms with Crippen molar-refractivity contribution in [1.29, 1.82) is 0 Å². The van der Waals surface area contributed by atoms with E-state index in [0.29, 0.717) is 16.9 Å². The molecule has 0 spiro atoms. The third-order valence-corrected chi connectivity index (χ3v) is 3.52. The van der Waals surface area contributed by atoms with E-state index in [2.05, 4.69) is 15.9 Å². The molecule has 0 saturated carbocycles. The zero-order chi connectivity index (χ0) is 11.7. The summed E-state index contributed by atoms with van der Waals surface area (Å²) in [4.78, 5) is 25.6. The van der Waals surface area contributed by atoms with E-state index < -0.39 is 0 Å². The van der Waals surface area contributed by atoms with E-state index in [-0.39, 0.29) is 11.5 Å². The molecule has 0 bridgehead atoms. The summed E-state index contributed by atoms with van der Waals surface area (Å²) >= 11 is 3.49. The molecule has 1 unspecified atom stereocenters. The number of aryl methyl sites for hydroxylation is 1. The Balaban J connectivity index is 2.21. The van der Waals surface area contributed by atoms with E-state index in [4.69, 9.17) is 0 Å². The third kappa shape index (κ3) is 2.19. The van der Waals surface area contributed by atoms with Crippen molar-refractivity contribution in [3.63, 3.8) is 0 Å². The zero-order valence-electron chi connectivity index (χ0n) is 9.02. The number of likely N-dealkylation sites (tertiary alicyclic amines) is 1. The number of amides is 1. The minimum absolute atomic E-state index is 0.0559. The molecule has 2 rings (SSSR count). The van der Waals surface area contributed by atoms with Crippen LogP contribution in [0.15, 0.2) is 23.1 Å². The number of alkyl halides is 1. The molecule has 1 aliphatic rings. The molecule has 1 aliphatic heterocycles. The summed E-state index contributed by atoms with van der Waals surface area (Å²) in [6.45, 7) is 1.47. The quantitative estimate of drug-likeness (QED) is 0.722. The molecule has 2 heterocycles. The monoisotopic (exact) mass is 284 g/mol. The van der Waals surface area contributed by atoms with Crippen LogP contribution in [0.4, 0.5) is 0 Å². The van der Waals surface area contributed by atoms with Crippen molar-refractivity contribution < 1.29 is 4.79 Å². The molecule has 1 fully saturated rings. The first-order valence-corrected chi connectivity index (χ1v) is 6.09. The first kappa shape index (κ1) is 11.4. The van der Waals surface area contributed by atoms with Crippen molar-refractivity contribution in [2.75, 3.05) is 13.1 Å². The molecule has 1 aromatic rings. The SMILES string of the molecule is Cn1ccc(C(=O)N2CCC(Br)C2)cc1=O. The lowest BCUT2D eigenvalue weighted by atomic mass is 10.2. The maximum absolute atomic E-state index is 12.0. The van der Waals surface area contributed by atoms with Gasteiger partial charge in [-0.25, -0.2) is 0 Å². The van der Waals surface area contributed by atoms with Gasteiger partial charge in [0.2, 0.25) is 0 Å². The highest BCUT2D eigenvalue weighted by molar-refractivity contribution is 9.09. The summed E-state index contributed by atoms with van der Waals surface area (Å²) in [6.07, 6.45) is 2.59. The van der Waals surface area contributed by atoms with Crippen LogP contribution in [-0.4, -0.2) is 33.3 Å². The lowest BCUT2D eigenvalue weighted by Crippen LogP contribution is -2.30. The summed E-state index contributed by atoms with van der Waals surface area (Å²) in [5.41, 5.74) is 0.324. The largest absolute Gasteiger partial charge is 0.337 e. The molecule has 4 nitrogen and oxygen atoms in total. The molecule has 0 radical (unpaired) electrons. The van der Waals surface area contributed by atoms with Gasteiger partial charge in [0.1, 0.15) is 0 Å². The van der Waals surface area contributed by atoms with Crippen LogP contribution in [0, 0.1) is 0 Å². The fourth-order valence-corrected chi connectivity index (χ4v) is 2.32. The minimum Gasteiger partial charge on any atom is -0.337 e. The van der Waals surface area contributed by atoms with Gasteiger partial charge in [0.15, 0.2) is 0 Å². The molecule has 5 heteroatoms. The van der Waals surface area contributed by atoms with Gasteiger partial charge in [0.05, 0.1) is 0 Å². The van der Waals surface area contributed by atoms with Gasteiger partial charge in [-0.1, -0.05) is 15.9 Å². The summed E-state index contributed by atoms with van der Waals surface area (Å²) in [6, 6.07) is 3.08. The minimum atomic E-state index is -0.152. The molecular formula is C11H13BrN2O2. The molecule has 0 N–H and O–H groups in total. The fraction of sp³-hybridized carbons (Fsp3) is 0.455. The van der Waals surface area contributed by atoms with Gasteiger partial charge in [-0.3, -0.25) is 9.59 Å². The summed E-state index contributed by atoms with van der Waals surface area (Å²) < 4.78 is 1.45. The molecule has 1 aromatic heterocycles. The Labute approximate surface area is 102 Å². The van der Waals surface area contributed by atoms with Crippen LogP contribution in [0.1, 0.15) is 16.8 Å². The number of rotatable bonds is 1. The summed E-state index contributed by atoms with van der Waals surface area (Å²) in [7, 11) is 1.67. The lowest BCUT2D eigenvalue weighted by Gasteiger charge is -2.15. The summed E-state index contributed by atoms with van der Waals surface area (Å²) in [5.74, 6) is -0.0559. The van der Waals surface area contributed by atoms with Gasteiger partial charge in [-0.05, 0) is 12.5 Å². The van der Waals surface area contributed by atoms with Crippen molar-refractivity contribution >= 4 is 21.8 Å². The average Bonchev–Trinajstić information content (AvgIpc) is 2.68. The second-order valence-electron chi connectivity index (χ2n) is 4.00. The maximum Gasteiger partial charge on any atom is 0.254 e. The van der Waals surface area contributed by atoms with Crippen molar-refractivity contribution in [2.24, 2.45) is 7.05 Å². The van der Waals surface area contributed by atoms with E-state index in [1.54, 1.807) is 24.2 Å². The van der Waals surface area contributed by atoms with Crippen molar-refractivity contribution in [3.8, 4) is 0 Å². The van der Waals surface area contributed by atoms with Crippen molar-refractivity contribution in [2.45, 2.75) is 11.2 Å². The molecule has 86 valence electrons. The molecule has 0 aliphatic carbocycles. The number of nitrogens with zero attached hydrogens (tertiary/aromatic N) is 2. The first-order chi connectivity index (χ1) is 7.58. The number of carbonyl (C=O) groups excluding carboxylic acids is 1. The predicted octanol–water partition coefficient (Wildman–Crippen LogP) is 0.995. The van der Waals surface area contributed by atoms with Gasteiger partial charge in [0.25, 0.3) is 11.5 Å². The zero-order valence-corrected chi connectivity index (χ0v) is 10.6. The van der Waals surface area contributed by atoms with Crippen LogP contribution >= 0.6 is 15.9 Å². The Morgan fingerprint density at radius 2 is 2.31 bits per heavy atom. The predicted molar refractivity (Wildman–Crippen MR) is 64.9 cm³/mol. The molecule has 16 heavy (non-hydrogen) atoms. The second kappa shape index (κ2) is 4.41. The normalized spacial score (nSPS) is 20.1. The molecule has 1 amide bonds. The smallest absolute Gasteiger partial charge is 0.254 e. The van der Waals surface area contributed by atoms with Crippen LogP contribution in [0.2, 0.25) is 0 Å². The number of carbonyl (C=O) groups is 1. The van der Waals surface area contributed by atoms with Crippen LogP contribution in [-0.2, 0) is 7.05 Å². The Kier molecular flexibility index (Phi) is 3.14. The van der Waals surface area contributed by atoms with Crippen LogP contribution < -0.4 is 5.56 Å². The number of halogens is 1. The highest BCUT2D eigenvalue weighted by Gasteiger charge is 2.25. The molecule has 1 saturated heterocycles. The van der Waals surface area contributed by atoms with Gasteiger partial charge >= 0.3 is 0 Å². The fourth-order valence-electron chi connectivity index (χ4n) is 1.77. The van der Waals surface area contributed by atoms with Crippen LogP contribution in [0.25, 0.3) is 0 Å². The Morgan fingerprint density at radius 3 is 2.88 bits per heavy atom. The van der Waals surface area contributed by atoms with Gasteiger partial charge in [-0.15, -0.1) is 0 Å². The van der Waals surface area contributed by atoms with E-state index >= 15 is 0 Å². The number of pyridine rings is 1. The third-order valence-electron chi connectivity index (χ3n) is 2.77. The number of aromatic nitrogens is 1. The Morgan fingerprint density at radius 1 is 1.56 bits per heavy atom. The van der Waals surface area contributed by atoms with Crippen molar-refractivity contribution in [3.05, 3.63) is 34.2 Å². The van der Waals surface area contributed by atoms with Gasteiger partial charge in [0, 0.05) is 42.8 Å². The first-order valence-electron chi connectivity index (χ1n) is 5.18. The Hall–Kier alpha value is -1.10. The van der Waals surface area contributed by atoms with E-state index in [9.17, 15) is 9.59 Å². The molecular weight excluding hydrogens is 272 g/mol. The van der Waals surface area contributed by atoms with Crippen molar-refractivity contribution in [1.82, 2.24) is 9.47 Å². The molecule has 0 aromatic carbocycles. The van der Waals surface area contributed by atoms with Gasteiger partial charge in [-0.2, -0.15) is 0 Å². The number of hydrogen-bond donors (Lipinski definition) is 0. The van der Waals surface area contributed by atoms with E-state index in [1.807, 2.05) is 0 Å². The lowest BCUT2D eigenvalue weighted by molar-refractivity contribution is 0.0793. The van der Waals surface area contributed by atoms with Crippen LogP contribution in [0.3, 0.4) is 0 Å². The molecule has 1 atom stereocenters.